The van der Waals surface area contributed by atoms with Crippen molar-refractivity contribution in [2.24, 2.45) is 5.41 Å². The molecule has 0 saturated carbocycles. The van der Waals surface area contributed by atoms with Crippen molar-refractivity contribution in [1.29, 1.82) is 0 Å². The Hall–Kier alpha value is -2.90. The molecule has 1 spiro atoms. The number of rotatable bonds is 4. The van der Waals surface area contributed by atoms with Gasteiger partial charge in [-0.3, -0.25) is 9.69 Å². The molecule has 6 nitrogen and oxygen atoms in total. The van der Waals surface area contributed by atoms with E-state index in [4.69, 9.17) is 9.47 Å². The van der Waals surface area contributed by atoms with Crippen molar-refractivity contribution < 1.29 is 14.3 Å². The SMILES string of the molecule is COc1ccc(CN2CCOc3ccccc3CCCCC3(CCN(C(=O)c4scnc4C)CC3)C2)cc1. The van der Waals surface area contributed by atoms with Crippen molar-refractivity contribution in [3.05, 3.63) is 75.7 Å². The Morgan fingerprint density at radius 3 is 2.58 bits per heavy atom. The Balaban J connectivity index is 1.33. The van der Waals surface area contributed by atoms with Crippen LogP contribution in [0.4, 0.5) is 0 Å². The van der Waals surface area contributed by atoms with E-state index in [1.165, 1.54) is 35.3 Å². The van der Waals surface area contributed by atoms with Gasteiger partial charge in [0.05, 0.1) is 18.3 Å². The number of aromatic nitrogens is 1. The summed E-state index contributed by atoms with van der Waals surface area (Å²) in [7, 11) is 1.71. The van der Waals surface area contributed by atoms with Crippen LogP contribution in [0.2, 0.25) is 0 Å². The minimum Gasteiger partial charge on any atom is -0.497 e. The van der Waals surface area contributed by atoms with Crippen LogP contribution >= 0.6 is 11.3 Å². The van der Waals surface area contributed by atoms with Crippen molar-refractivity contribution in [3.8, 4) is 11.5 Å². The first-order valence-corrected chi connectivity index (χ1v) is 14.7. The lowest BCUT2D eigenvalue weighted by molar-refractivity contribution is 0.0363. The summed E-state index contributed by atoms with van der Waals surface area (Å²) in [6.07, 6.45) is 6.66. The molecular formula is C31H39N3O3S. The van der Waals surface area contributed by atoms with Crippen molar-refractivity contribution in [2.45, 2.75) is 52.0 Å². The van der Waals surface area contributed by atoms with Crippen molar-refractivity contribution >= 4 is 17.2 Å². The number of piperidine rings is 1. The quantitative estimate of drug-likeness (QED) is 0.412. The number of amides is 1. The van der Waals surface area contributed by atoms with Crippen LogP contribution in [0.25, 0.3) is 0 Å². The second-order valence-electron chi connectivity index (χ2n) is 10.8. The molecule has 0 unspecified atom stereocenters. The molecule has 2 aliphatic heterocycles. The number of para-hydroxylation sites is 1. The van der Waals surface area contributed by atoms with E-state index in [-0.39, 0.29) is 11.3 Å². The zero-order chi connectivity index (χ0) is 26.4. The molecule has 0 radical (unpaired) electrons. The Morgan fingerprint density at radius 1 is 1.05 bits per heavy atom. The first-order valence-electron chi connectivity index (χ1n) is 13.8. The third kappa shape index (κ3) is 6.38. The minimum atomic E-state index is 0.146. The van der Waals surface area contributed by atoms with Gasteiger partial charge in [-0.15, -0.1) is 11.3 Å². The van der Waals surface area contributed by atoms with E-state index in [0.29, 0.717) is 6.61 Å². The van der Waals surface area contributed by atoms with Gasteiger partial charge in [-0.2, -0.15) is 0 Å². The summed E-state index contributed by atoms with van der Waals surface area (Å²) in [6.45, 7) is 6.98. The normalized spacial score (nSPS) is 18.6. The van der Waals surface area contributed by atoms with Crippen LogP contribution in [-0.4, -0.2) is 60.6 Å². The number of thiazole rings is 1. The molecular weight excluding hydrogens is 494 g/mol. The van der Waals surface area contributed by atoms with Gasteiger partial charge in [0.1, 0.15) is 23.0 Å². The lowest BCUT2D eigenvalue weighted by Crippen LogP contribution is -2.48. The maximum atomic E-state index is 13.2. The monoisotopic (exact) mass is 533 g/mol. The summed E-state index contributed by atoms with van der Waals surface area (Å²) >= 11 is 1.46. The summed E-state index contributed by atoms with van der Waals surface area (Å²) in [5.41, 5.74) is 5.41. The van der Waals surface area contributed by atoms with E-state index in [1.807, 2.05) is 19.1 Å². The molecule has 0 bridgehead atoms. The van der Waals surface area contributed by atoms with Crippen LogP contribution in [0.3, 0.4) is 0 Å². The van der Waals surface area contributed by atoms with E-state index in [9.17, 15) is 4.79 Å². The number of fused-ring (bicyclic) bond motifs is 1. The predicted molar refractivity (Wildman–Crippen MR) is 152 cm³/mol. The van der Waals surface area contributed by atoms with Gasteiger partial charge < -0.3 is 14.4 Å². The minimum absolute atomic E-state index is 0.146. The van der Waals surface area contributed by atoms with Crippen LogP contribution in [-0.2, 0) is 13.0 Å². The number of carbonyl (C=O) groups is 1. The van der Waals surface area contributed by atoms with E-state index in [1.54, 1.807) is 12.6 Å². The molecule has 1 fully saturated rings. The molecule has 1 saturated heterocycles. The zero-order valence-corrected chi connectivity index (χ0v) is 23.5. The lowest BCUT2D eigenvalue weighted by Gasteiger charge is -2.45. The van der Waals surface area contributed by atoms with Gasteiger partial charge in [0, 0.05) is 32.7 Å². The molecule has 3 heterocycles. The van der Waals surface area contributed by atoms with Gasteiger partial charge in [0.2, 0.25) is 0 Å². The maximum Gasteiger partial charge on any atom is 0.265 e. The smallest absolute Gasteiger partial charge is 0.265 e. The second-order valence-corrected chi connectivity index (χ2v) is 11.6. The number of benzene rings is 2. The first-order chi connectivity index (χ1) is 18.5. The van der Waals surface area contributed by atoms with Gasteiger partial charge in [-0.05, 0) is 73.8 Å². The first kappa shape index (κ1) is 26.7. The molecule has 202 valence electrons. The van der Waals surface area contributed by atoms with E-state index in [0.717, 1.165) is 80.5 Å². The molecule has 2 aliphatic rings. The van der Waals surface area contributed by atoms with Crippen molar-refractivity contribution in [1.82, 2.24) is 14.8 Å². The second kappa shape index (κ2) is 12.3. The highest BCUT2D eigenvalue weighted by Crippen LogP contribution is 2.39. The van der Waals surface area contributed by atoms with Gasteiger partial charge in [-0.25, -0.2) is 4.98 Å². The Labute approximate surface area is 230 Å². The molecule has 0 aliphatic carbocycles. The van der Waals surface area contributed by atoms with Gasteiger partial charge in [0.25, 0.3) is 5.91 Å². The highest BCUT2D eigenvalue weighted by Gasteiger charge is 2.37. The number of hydrogen-bond donors (Lipinski definition) is 0. The lowest BCUT2D eigenvalue weighted by atomic mass is 9.73. The fourth-order valence-electron chi connectivity index (χ4n) is 5.95. The molecule has 3 aromatic rings. The fraction of sp³-hybridized carbons (Fsp3) is 0.484. The number of carbonyl (C=O) groups excluding carboxylic acids is 1. The summed E-state index contributed by atoms with van der Waals surface area (Å²) < 4.78 is 11.7. The summed E-state index contributed by atoms with van der Waals surface area (Å²) in [6, 6.07) is 16.9. The Morgan fingerprint density at radius 2 is 1.84 bits per heavy atom. The third-order valence-electron chi connectivity index (χ3n) is 8.22. The van der Waals surface area contributed by atoms with Crippen LogP contribution < -0.4 is 9.47 Å². The Kier molecular flexibility index (Phi) is 8.65. The molecule has 38 heavy (non-hydrogen) atoms. The average molecular weight is 534 g/mol. The average Bonchev–Trinajstić information content (AvgIpc) is 3.37. The molecule has 2 aromatic carbocycles. The summed E-state index contributed by atoms with van der Waals surface area (Å²) in [5.74, 6) is 2.05. The summed E-state index contributed by atoms with van der Waals surface area (Å²) in [4.78, 5) is 22.9. The zero-order valence-electron chi connectivity index (χ0n) is 22.7. The number of hydrogen-bond acceptors (Lipinski definition) is 6. The van der Waals surface area contributed by atoms with Crippen LogP contribution in [0.1, 0.15) is 58.6 Å². The standard InChI is InChI=1S/C31H39N3O3S/c1-24-29(38-23-32-24)30(35)34-17-15-31(16-18-34)14-6-5-8-26-7-3-4-9-28(26)37-20-19-33(22-31)21-25-10-12-27(36-2)13-11-25/h3-4,7,9-13,23H,5-6,8,14-22H2,1-2H3. The number of aryl methyl sites for hydroxylation is 2. The topological polar surface area (TPSA) is 54.9 Å². The fourth-order valence-corrected chi connectivity index (χ4v) is 6.72. The van der Waals surface area contributed by atoms with E-state index < -0.39 is 0 Å². The number of ether oxygens (including phenoxy) is 2. The number of nitrogens with zero attached hydrogens (tertiary/aromatic N) is 3. The third-order valence-corrected chi connectivity index (χ3v) is 9.13. The highest BCUT2D eigenvalue weighted by atomic mass is 32.1. The molecule has 1 amide bonds. The molecule has 0 N–H and O–H groups in total. The van der Waals surface area contributed by atoms with Crippen molar-refractivity contribution in [2.75, 3.05) is 39.9 Å². The van der Waals surface area contributed by atoms with E-state index >= 15 is 0 Å². The van der Waals surface area contributed by atoms with Gasteiger partial charge >= 0.3 is 0 Å². The molecule has 7 heteroatoms. The predicted octanol–water partition coefficient (Wildman–Crippen LogP) is 5.99. The van der Waals surface area contributed by atoms with Gasteiger partial charge in [0.15, 0.2) is 0 Å². The van der Waals surface area contributed by atoms with Crippen LogP contribution in [0.15, 0.2) is 54.0 Å². The number of methoxy groups -OCH3 is 1. The Bertz CT molecular complexity index is 1200. The van der Waals surface area contributed by atoms with Crippen LogP contribution in [0.5, 0.6) is 11.5 Å². The van der Waals surface area contributed by atoms with Gasteiger partial charge in [-0.1, -0.05) is 36.8 Å². The van der Waals surface area contributed by atoms with E-state index in [2.05, 4.69) is 51.2 Å². The number of likely N-dealkylation sites (tertiary alicyclic amines) is 1. The summed E-state index contributed by atoms with van der Waals surface area (Å²) in [5, 5.41) is 0. The van der Waals surface area contributed by atoms with Crippen LogP contribution in [0, 0.1) is 12.3 Å². The van der Waals surface area contributed by atoms with Crippen molar-refractivity contribution in [3.63, 3.8) is 0 Å². The largest absolute Gasteiger partial charge is 0.497 e. The highest BCUT2D eigenvalue weighted by molar-refractivity contribution is 7.11. The molecule has 5 rings (SSSR count). The molecule has 1 aromatic heterocycles. The maximum absolute atomic E-state index is 13.2. The molecule has 0 atom stereocenters.